The van der Waals surface area contributed by atoms with Crippen LogP contribution in [0.15, 0.2) is 52.1 Å². The minimum Gasteiger partial charge on any atom is -0.497 e. The summed E-state index contributed by atoms with van der Waals surface area (Å²) in [5.74, 6) is 0.539. The van der Waals surface area contributed by atoms with E-state index in [1.807, 2.05) is 24.1 Å². The second kappa shape index (κ2) is 10.7. The van der Waals surface area contributed by atoms with E-state index in [1.54, 1.807) is 31.4 Å². The SMILES string of the molecule is COc1ccc(-c2nnc(SCC(=O)Nc3ccc(N(C)C4CCCCC4)c(F)c3)o2)cc1. The number of carbonyl (C=O) groups is 1. The number of aromatic nitrogens is 2. The molecule has 33 heavy (non-hydrogen) atoms. The first-order chi connectivity index (χ1) is 16.0. The van der Waals surface area contributed by atoms with E-state index in [1.165, 1.54) is 25.3 Å². The van der Waals surface area contributed by atoms with Crippen LogP contribution >= 0.6 is 11.8 Å². The third-order valence-corrected chi connectivity index (χ3v) is 6.62. The predicted molar refractivity (Wildman–Crippen MR) is 127 cm³/mol. The maximum atomic E-state index is 14.7. The van der Waals surface area contributed by atoms with Crippen LogP contribution in [-0.4, -0.2) is 42.1 Å². The Morgan fingerprint density at radius 2 is 1.94 bits per heavy atom. The highest BCUT2D eigenvalue weighted by molar-refractivity contribution is 7.99. The molecule has 0 unspecified atom stereocenters. The summed E-state index contributed by atoms with van der Waals surface area (Å²) >= 11 is 1.12. The van der Waals surface area contributed by atoms with Crippen LogP contribution in [0.1, 0.15) is 32.1 Å². The summed E-state index contributed by atoms with van der Waals surface area (Å²) in [4.78, 5) is 14.4. The summed E-state index contributed by atoms with van der Waals surface area (Å²) < 4.78 is 25.5. The lowest BCUT2D eigenvalue weighted by atomic mass is 9.94. The molecule has 1 saturated carbocycles. The van der Waals surface area contributed by atoms with E-state index >= 15 is 0 Å². The first-order valence-corrected chi connectivity index (χ1v) is 11.9. The number of halogens is 1. The molecule has 1 aromatic heterocycles. The molecule has 4 rings (SSSR count). The monoisotopic (exact) mass is 470 g/mol. The number of amides is 1. The smallest absolute Gasteiger partial charge is 0.277 e. The number of carbonyl (C=O) groups excluding carboxylic acids is 1. The standard InChI is InChI=1S/C24H27FN4O3S/c1-29(18-6-4-3-5-7-18)21-13-10-17(14-20(21)25)26-22(30)15-33-24-28-27-23(32-24)16-8-11-19(31-2)12-9-16/h8-14,18H,3-7,15H2,1-2H3,(H,26,30). The predicted octanol–water partition coefficient (Wildman–Crippen LogP) is 5.38. The van der Waals surface area contributed by atoms with E-state index in [4.69, 9.17) is 9.15 Å². The molecule has 9 heteroatoms. The van der Waals surface area contributed by atoms with E-state index in [0.29, 0.717) is 23.3 Å². The Morgan fingerprint density at radius 3 is 2.64 bits per heavy atom. The van der Waals surface area contributed by atoms with Crippen LogP contribution < -0.4 is 15.0 Å². The molecule has 0 radical (unpaired) electrons. The van der Waals surface area contributed by atoms with Crippen LogP contribution in [0.4, 0.5) is 15.8 Å². The number of rotatable bonds is 8. The quantitative estimate of drug-likeness (QED) is 0.443. The average molecular weight is 471 g/mol. The Balaban J connectivity index is 1.31. The number of ether oxygens (including phenoxy) is 1. The molecule has 1 amide bonds. The molecule has 0 aliphatic heterocycles. The van der Waals surface area contributed by atoms with Gasteiger partial charge in [0.15, 0.2) is 0 Å². The molecule has 1 fully saturated rings. The van der Waals surface area contributed by atoms with Crippen LogP contribution in [0, 0.1) is 5.82 Å². The number of nitrogens with zero attached hydrogens (tertiary/aromatic N) is 3. The number of hydrogen-bond donors (Lipinski definition) is 1. The number of benzene rings is 2. The molecular formula is C24H27FN4O3S. The van der Waals surface area contributed by atoms with Crippen LogP contribution in [0.2, 0.25) is 0 Å². The summed E-state index contributed by atoms with van der Waals surface area (Å²) in [5, 5.41) is 11.0. The zero-order chi connectivity index (χ0) is 23.2. The van der Waals surface area contributed by atoms with Crippen molar-refractivity contribution in [2.45, 2.75) is 43.4 Å². The highest BCUT2D eigenvalue weighted by Gasteiger charge is 2.21. The van der Waals surface area contributed by atoms with Crippen molar-refractivity contribution in [3.63, 3.8) is 0 Å². The van der Waals surface area contributed by atoms with E-state index in [-0.39, 0.29) is 22.7 Å². The van der Waals surface area contributed by atoms with Gasteiger partial charge in [0.2, 0.25) is 11.8 Å². The normalized spacial score (nSPS) is 14.2. The molecule has 0 spiro atoms. The van der Waals surface area contributed by atoms with Gasteiger partial charge in [0.25, 0.3) is 5.22 Å². The number of methoxy groups -OCH3 is 1. The molecule has 3 aromatic rings. The molecule has 1 N–H and O–H groups in total. The Labute approximate surface area is 196 Å². The van der Waals surface area contributed by atoms with Gasteiger partial charge in [0.1, 0.15) is 11.6 Å². The molecule has 0 atom stereocenters. The minimum atomic E-state index is -0.338. The molecule has 2 aromatic carbocycles. The number of hydrogen-bond acceptors (Lipinski definition) is 7. The van der Waals surface area contributed by atoms with E-state index in [9.17, 15) is 9.18 Å². The maximum absolute atomic E-state index is 14.7. The highest BCUT2D eigenvalue weighted by atomic mass is 32.2. The van der Waals surface area contributed by atoms with Gasteiger partial charge in [0.05, 0.1) is 18.6 Å². The zero-order valence-corrected chi connectivity index (χ0v) is 19.5. The summed E-state index contributed by atoms with van der Waals surface area (Å²) in [7, 11) is 3.54. The summed E-state index contributed by atoms with van der Waals surface area (Å²) in [6.07, 6.45) is 5.79. The lowest BCUT2D eigenvalue weighted by Gasteiger charge is -2.33. The lowest BCUT2D eigenvalue weighted by molar-refractivity contribution is -0.113. The van der Waals surface area contributed by atoms with Gasteiger partial charge >= 0.3 is 0 Å². The van der Waals surface area contributed by atoms with Crippen molar-refractivity contribution in [3.05, 3.63) is 48.3 Å². The molecule has 174 valence electrons. The molecule has 0 saturated heterocycles. The first kappa shape index (κ1) is 23.1. The van der Waals surface area contributed by atoms with Gasteiger partial charge in [-0.25, -0.2) is 4.39 Å². The van der Waals surface area contributed by atoms with Crippen LogP contribution in [-0.2, 0) is 4.79 Å². The third-order valence-electron chi connectivity index (χ3n) is 5.80. The van der Waals surface area contributed by atoms with Crippen molar-refractivity contribution in [3.8, 4) is 17.2 Å². The summed E-state index contributed by atoms with van der Waals surface area (Å²) in [6, 6.07) is 12.4. The zero-order valence-electron chi connectivity index (χ0n) is 18.7. The van der Waals surface area contributed by atoms with Crippen molar-refractivity contribution < 1.29 is 18.3 Å². The van der Waals surface area contributed by atoms with Crippen molar-refractivity contribution in [2.24, 2.45) is 0 Å². The molecule has 0 bridgehead atoms. The Morgan fingerprint density at radius 1 is 1.18 bits per heavy atom. The maximum Gasteiger partial charge on any atom is 0.277 e. The van der Waals surface area contributed by atoms with Crippen molar-refractivity contribution in [1.29, 1.82) is 0 Å². The molecule has 1 heterocycles. The van der Waals surface area contributed by atoms with Gasteiger partial charge in [-0.15, -0.1) is 10.2 Å². The second-order valence-electron chi connectivity index (χ2n) is 8.01. The van der Waals surface area contributed by atoms with E-state index in [2.05, 4.69) is 15.5 Å². The van der Waals surface area contributed by atoms with Crippen molar-refractivity contribution in [2.75, 3.05) is 30.1 Å². The van der Waals surface area contributed by atoms with Crippen molar-refractivity contribution >= 4 is 29.0 Å². The molecular weight excluding hydrogens is 443 g/mol. The number of thioether (sulfide) groups is 1. The summed E-state index contributed by atoms with van der Waals surface area (Å²) in [6.45, 7) is 0. The average Bonchev–Trinajstić information content (AvgIpc) is 3.32. The Kier molecular flexibility index (Phi) is 7.49. The van der Waals surface area contributed by atoms with Gasteiger partial charge in [0, 0.05) is 24.3 Å². The van der Waals surface area contributed by atoms with Gasteiger partial charge in [-0.1, -0.05) is 31.0 Å². The fourth-order valence-corrected chi connectivity index (χ4v) is 4.54. The fourth-order valence-electron chi connectivity index (χ4n) is 3.98. The molecule has 1 aliphatic rings. The fraction of sp³-hybridized carbons (Fsp3) is 0.375. The topological polar surface area (TPSA) is 80.5 Å². The van der Waals surface area contributed by atoms with Gasteiger partial charge < -0.3 is 19.4 Å². The Hall–Kier alpha value is -3.07. The third kappa shape index (κ3) is 5.84. The number of anilines is 2. The van der Waals surface area contributed by atoms with E-state index < -0.39 is 0 Å². The lowest BCUT2D eigenvalue weighted by Crippen LogP contribution is -2.33. The minimum absolute atomic E-state index is 0.0651. The van der Waals surface area contributed by atoms with Crippen LogP contribution in [0.3, 0.4) is 0 Å². The number of nitrogens with one attached hydrogen (secondary N) is 1. The summed E-state index contributed by atoms with van der Waals surface area (Å²) in [5.41, 5.74) is 1.74. The van der Waals surface area contributed by atoms with Gasteiger partial charge in [-0.3, -0.25) is 4.79 Å². The van der Waals surface area contributed by atoms with E-state index in [0.717, 1.165) is 35.9 Å². The largest absolute Gasteiger partial charge is 0.497 e. The highest BCUT2D eigenvalue weighted by Crippen LogP contribution is 2.30. The van der Waals surface area contributed by atoms with Crippen molar-refractivity contribution in [1.82, 2.24) is 10.2 Å². The van der Waals surface area contributed by atoms with Gasteiger partial charge in [-0.2, -0.15) is 0 Å². The van der Waals surface area contributed by atoms with Crippen LogP contribution in [0.5, 0.6) is 5.75 Å². The first-order valence-electron chi connectivity index (χ1n) is 11.0. The van der Waals surface area contributed by atoms with Gasteiger partial charge in [-0.05, 0) is 55.3 Å². The molecule has 1 aliphatic carbocycles. The second-order valence-corrected chi connectivity index (χ2v) is 8.93. The Bertz CT molecular complexity index is 1080. The molecule has 7 nitrogen and oxygen atoms in total. The van der Waals surface area contributed by atoms with Crippen LogP contribution in [0.25, 0.3) is 11.5 Å².